The highest BCUT2D eigenvalue weighted by Crippen LogP contribution is 2.22. The highest BCUT2D eigenvalue weighted by Gasteiger charge is 2.20. The lowest BCUT2D eigenvalue weighted by atomic mass is 10.1. The monoisotopic (exact) mass is 388 g/mol. The summed E-state index contributed by atoms with van der Waals surface area (Å²) in [6.45, 7) is 6.86. The Bertz CT molecular complexity index is 690. The first kappa shape index (κ1) is 20.2. The van der Waals surface area contributed by atoms with Crippen LogP contribution in [-0.2, 0) is 4.74 Å². The first-order chi connectivity index (χ1) is 13.2. The van der Waals surface area contributed by atoms with Crippen molar-refractivity contribution in [2.45, 2.75) is 25.6 Å². The van der Waals surface area contributed by atoms with Crippen LogP contribution in [0.4, 0.5) is 5.69 Å². The lowest BCUT2D eigenvalue weighted by molar-refractivity contribution is -0.0240. The molecule has 0 amide bonds. The van der Waals surface area contributed by atoms with Crippen LogP contribution >= 0.6 is 11.6 Å². The van der Waals surface area contributed by atoms with E-state index in [0.29, 0.717) is 13.2 Å². The molecule has 1 heterocycles. The molecule has 0 bridgehead atoms. The number of aliphatic hydroxyl groups is 1. The lowest BCUT2D eigenvalue weighted by Crippen LogP contribution is -2.49. The molecular weight excluding hydrogens is 360 g/mol. The van der Waals surface area contributed by atoms with Crippen LogP contribution in [0.2, 0.25) is 5.02 Å². The van der Waals surface area contributed by atoms with Crippen LogP contribution in [0.15, 0.2) is 54.6 Å². The molecule has 4 nitrogen and oxygen atoms in total. The molecule has 146 valence electrons. The van der Waals surface area contributed by atoms with Crippen LogP contribution in [-0.4, -0.2) is 55.4 Å². The summed E-state index contributed by atoms with van der Waals surface area (Å²) in [5, 5.41) is 11.2. The van der Waals surface area contributed by atoms with Gasteiger partial charge in [-0.1, -0.05) is 54.9 Å². The molecule has 1 saturated heterocycles. The third-order valence-electron chi connectivity index (χ3n) is 5.05. The van der Waals surface area contributed by atoms with Crippen molar-refractivity contribution in [1.29, 1.82) is 0 Å². The van der Waals surface area contributed by atoms with Gasteiger partial charge in [-0.25, -0.2) is 0 Å². The maximum atomic E-state index is 10.4. The Kier molecular flexibility index (Phi) is 7.53. The number of hydrogen-bond donors (Lipinski definition) is 1. The van der Waals surface area contributed by atoms with Gasteiger partial charge in [0.05, 0.1) is 18.8 Å². The largest absolute Gasteiger partial charge is 0.389 e. The van der Waals surface area contributed by atoms with E-state index in [1.165, 1.54) is 11.3 Å². The number of rotatable bonds is 8. The molecule has 27 heavy (non-hydrogen) atoms. The summed E-state index contributed by atoms with van der Waals surface area (Å²) in [5.74, 6) is 0. The van der Waals surface area contributed by atoms with Crippen LogP contribution < -0.4 is 4.90 Å². The molecule has 1 aliphatic heterocycles. The standard InChI is InChI=1S/C22H29ClN2O2/c1-2-22(18-7-4-3-5-8-18)27-17-21(26)16-24-11-13-25(14-12-24)20-10-6-9-19(23)15-20/h3-10,15,21-22,26H,2,11-14,16-17H2,1H3/t21-,22+/m0/s1. The van der Waals surface area contributed by atoms with Crippen LogP contribution in [0.3, 0.4) is 0 Å². The minimum atomic E-state index is -0.472. The Balaban J connectivity index is 1.42. The van der Waals surface area contributed by atoms with E-state index in [2.05, 4.69) is 34.9 Å². The van der Waals surface area contributed by atoms with E-state index in [0.717, 1.165) is 37.6 Å². The average Bonchev–Trinajstić information content (AvgIpc) is 2.70. The summed E-state index contributed by atoms with van der Waals surface area (Å²) in [7, 11) is 0. The normalized spacial score (nSPS) is 17.7. The van der Waals surface area contributed by atoms with E-state index in [1.807, 2.05) is 36.4 Å². The molecule has 2 aromatic carbocycles. The molecule has 0 spiro atoms. The molecule has 3 rings (SSSR count). The second kappa shape index (κ2) is 10.1. The molecule has 0 saturated carbocycles. The number of halogens is 1. The molecule has 0 aromatic heterocycles. The van der Waals surface area contributed by atoms with Gasteiger partial charge in [-0.15, -0.1) is 0 Å². The number of hydrogen-bond acceptors (Lipinski definition) is 4. The summed E-state index contributed by atoms with van der Waals surface area (Å²) >= 11 is 6.09. The summed E-state index contributed by atoms with van der Waals surface area (Å²) in [6.07, 6.45) is 0.468. The first-order valence-electron chi connectivity index (χ1n) is 9.73. The molecule has 0 radical (unpaired) electrons. The van der Waals surface area contributed by atoms with E-state index >= 15 is 0 Å². The Labute approximate surface area is 167 Å². The van der Waals surface area contributed by atoms with Gasteiger partial charge in [0.25, 0.3) is 0 Å². The second-order valence-corrected chi connectivity index (χ2v) is 7.50. The highest BCUT2D eigenvalue weighted by molar-refractivity contribution is 6.30. The number of β-amino-alcohol motifs (C(OH)–C–C–N with tert-alkyl or cyclic N) is 1. The number of benzene rings is 2. The Morgan fingerprint density at radius 2 is 1.78 bits per heavy atom. The second-order valence-electron chi connectivity index (χ2n) is 7.06. The number of nitrogens with zero attached hydrogens (tertiary/aromatic N) is 2. The number of piperazine rings is 1. The van der Waals surface area contributed by atoms with Crippen molar-refractivity contribution >= 4 is 17.3 Å². The number of aliphatic hydroxyl groups excluding tert-OH is 1. The number of anilines is 1. The fraction of sp³-hybridized carbons (Fsp3) is 0.455. The van der Waals surface area contributed by atoms with Crippen LogP contribution in [0, 0.1) is 0 Å². The third-order valence-corrected chi connectivity index (χ3v) is 5.28. The topological polar surface area (TPSA) is 35.9 Å². The van der Waals surface area contributed by atoms with Crippen molar-refractivity contribution in [2.75, 3.05) is 44.2 Å². The summed E-state index contributed by atoms with van der Waals surface area (Å²) in [6, 6.07) is 18.2. The Hall–Kier alpha value is -1.59. The third kappa shape index (κ3) is 5.94. The van der Waals surface area contributed by atoms with Gasteiger partial charge in [0, 0.05) is 43.4 Å². The molecule has 1 fully saturated rings. The van der Waals surface area contributed by atoms with Gasteiger partial charge >= 0.3 is 0 Å². The fourth-order valence-corrected chi connectivity index (χ4v) is 3.74. The molecule has 2 atom stereocenters. The maximum Gasteiger partial charge on any atom is 0.0900 e. The van der Waals surface area contributed by atoms with Gasteiger partial charge < -0.3 is 14.7 Å². The lowest BCUT2D eigenvalue weighted by Gasteiger charge is -2.37. The van der Waals surface area contributed by atoms with Crippen molar-refractivity contribution < 1.29 is 9.84 Å². The minimum Gasteiger partial charge on any atom is -0.389 e. The fourth-order valence-electron chi connectivity index (χ4n) is 3.56. The summed E-state index contributed by atoms with van der Waals surface area (Å²) in [4.78, 5) is 4.65. The number of ether oxygens (including phenoxy) is 1. The molecule has 0 unspecified atom stereocenters. The van der Waals surface area contributed by atoms with Gasteiger partial charge in [0.1, 0.15) is 0 Å². The van der Waals surface area contributed by atoms with E-state index < -0.39 is 6.10 Å². The Morgan fingerprint density at radius 3 is 2.44 bits per heavy atom. The van der Waals surface area contributed by atoms with E-state index in [4.69, 9.17) is 16.3 Å². The molecule has 0 aliphatic carbocycles. The smallest absolute Gasteiger partial charge is 0.0900 e. The summed E-state index contributed by atoms with van der Waals surface area (Å²) in [5.41, 5.74) is 2.34. The molecule has 1 N–H and O–H groups in total. The van der Waals surface area contributed by atoms with Crippen LogP contribution in [0.25, 0.3) is 0 Å². The van der Waals surface area contributed by atoms with Gasteiger partial charge in [0.15, 0.2) is 0 Å². The predicted octanol–water partition coefficient (Wildman–Crippen LogP) is 3.99. The zero-order valence-electron chi connectivity index (χ0n) is 15.9. The van der Waals surface area contributed by atoms with Crippen LogP contribution in [0.1, 0.15) is 25.0 Å². The zero-order chi connectivity index (χ0) is 19.1. The van der Waals surface area contributed by atoms with E-state index in [9.17, 15) is 5.11 Å². The molecule has 2 aromatic rings. The van der Waals surface area contributed by atoms with Gasteiger partial charge in [-0.2, -0.15) is 0 Å². The van der Waals surface area contributed by atoms with E-state index in [-0.39, 0.29) is 6.10 Å². The molecule has 5 heteroatoms. The van der Waals surface area contributed by atoms with Gasteiger partial charge in [-0.05, 0) is 30.2 Å². The average molecular weight is 389 g/mol. The molecule has 1 aliphatic rings. The molecular formula is C22H29ClN2O2. The summed E-state index contributed by atoms with van der Waals surface area (Å²) < 4.78 is 5.98. The van der Waals surface area contributed by atoms with Crippen molar-refractivity contribution in [1.82, 2.24) is 4.90 Å². The van der Waals surface area contributed by atoms with Crippen molar-refractivity contribution in [3.8, 4) is 0 Å². The SMILES string of the molecule is CC[C@@H](OC[C@@H](O)CN1CCN(c2cccc(Cl)c2)CC1)c1ccccc1. The predicted molar refractivity (Wildman–Crippen MR) is 112 cm³/mol. The van der Waals surface area contributed by atoms with Crippen molar-refractivity contribution in [3.63, 3.8) is 0 Å². The van der Waals surface area contributed by atoms with Gasteiger partial charge in [0.2, 0.25) is 0 Å². The minimum absolute atomic E-state index is 0.0422. The van der Waals surface area contributed by atoms with Crippen LogP contribution in [0.5, 0.6) is 0 Å². The zero-order valence-corrected chi connectivity index (χ0v) is 16.7. The van der Waals surface area contributed by atoms with Crippen molar-refractivity contribution in [2.24, 2.45) is 0 Å². The maximum absolute atomic E-state index is 10.4. The van der Waals surface area contributed by atoms with Gasteiger partial charge in [-0.3, -0.25) is 4.90 Å². The first-order valence-corrected chi connectivity index (χ1v) is 10.1. The highest BCUT2D eigenvalue weighted by atomic mass is 35.5. The quantitative estimate of drug-likeness (QED) is 0.741. The van der Waals surface area contributed by atoms with E-state index in [1.54, 1.807) is 0 Å². The Morgan fingerprint density at radius 1 is 1.04 bits per heavy atom. The van der Waals surface area contributed by atoms with Crippen molar-refractivity contribution in [3.05, 3.63) is 65.2 Å².